The number of nitrogens with zero attached hydrogens (tertiary/aromatic N) is 1. The van der Waals surface area contributed by atoms with Crippen molar-refractivity contribution in [1.82, 2.24) is 4.90 Å². The fourth-order valence-electron chi connectivity index (χ4n) is 2.55. The third kappa shape index (κ3) is 3.71. The van der Waals surface area contributed by atoms with Crippen LogP contribution in [0, 0.1) is 5.92 Å². The molecule has 1 fully saturated rings. The lowest BCUT2D eigenvalue weighted by Crippen LogP contribution is -2.39. The molecule has 1 unspecified atom stereocenters. The maximum atomic E-state index is 6.12. The van der Waals surface area contributed by atoms with E-state index in [1.54, 1.807) is 0 Å². The van der Waals surface area contributed by atoms with Crippen LogP contribution in [0.4, 0.5) is 0 Å². The monoisotopic (exact) mass is 267 g/mol. The number of halogens is 1. The van der Waals surface area contributed by atoms with E-state index >= 15 is 0 Å². The van der Waals surface area contributed by atoms with Gasteiger partial charge in [-0.05, 0) is 30.0 Å². The largest absolute Gasteiger partial charge is 0.379 e. The van der Waals surface area contributed by atoms with Gasteiger partial charge in [0.1, 0.15) is 0 Å². The molecule has 1 saturated heterocycles. The van der Waals surface area contributed by atoms with Crippen LogP contribution in [0.1, 0.15) is 31.9 Å². The van der Waals surface area contributed by atoms with Crippen molar-refractivity contribution in [2.45, 2.75) is 26.3 Å². The van der Waals surface area contributed by atoms with Gasteiger partial charge in [0.25, 0.3) is 0 Å². The normalized spacial score (nSPS) is 19.1. The first-order chi connectivity index (χ1) is 8.66. The van der Waals surface area contributed by atoms with Gasteiger partial charge in [0.2, 0.25) is 0 Å². The van der Waals surface area contributed by atoms with E-state index in [0.717, 1.165) is 31.3 Å². The van der Waals surface area contributed by atoms with E-state index in [9.17, 15) is 0 Å². The first-order valence-electron chi connectivity index (χ1n) is 6.74. The van der Waals surface area contributed by atoms with Crippen LogP contribution in [0.3, 0.4) is 0 Å². The van der Waals surface area contributed by atoms with Crippen molar-refractivity contribution < 1.29 is 4.74 Å². The van der Waals surface area contributed by atoms with E-state index in [1.807, 2.05) is 12.1 Å². The molecule has 3 heteroatoms. The Hall–Kier alpha value is -0.570. The molecule has 0 aromatic heterocycles. The van der Waals surface area contributed by atoms with Gasteiger partial charge in [-0.2, -0.15) is 0 Å². The van der Waals surface area contributed by atoms with Gasteiger partial charge in [-0.3, -0.25) is 4.90 Å². The maximum absolute atomic E-state index is 6.12. The second kappa shape index (κ2) is 6.55. The summed E-state index contributed by atoms with van der Waals surface area (Å²) in [6.07, 6.45) is 1.17. The van der Waals surface area contributed by atoms with Crippen molar-refractivity contribution in [2.24, 2.45) is 5.92 Å². The quantitative estimate of drug-likeness (QED) is 0.824. The first kappa shape index (κ1) is 13.9. The van der Waals surface area contributed by atoms with Gasteiger partial charge in [0.05, 0.1) is 13.2 Å². The molecule has 18 heavy (non-hydrogen) atoms. The van der Waals surface area contributed by atoms with Crippen LogP contribution in [-0.2, 0) is 4.74 Å². The molecule has 0 aliphatic carbocycles. The van der Waals surface area contributed by atoms with Crippen LogP contribution < -0.4 is 0 Å². The highest BCUT2D eigenvalue weighted by Crippen LogP contribution is 2.29. The van der Waals surface area contributed by atoms with Crippen LogP contribution in [0.15, 0.2) is 24.3 Å². The number of rotatable bonds is 4. The molecule has 1 aromatic carbocycles. The van der Waals surface area contributed by atoms with Gasteiger partial charge in [0.15, 0.2) is 0 Å². The summed E-state index contributed by atoms with van der Waals surface area (Å²) >= 11 is 6.12. The van der Waals surface area contributed by atoms with E-state index in [0.29, 0.717) is 12.0 Å². The molecule has 0 radical (unpaired) electrons. The van der Waals surface area contributed by atoms with Gasteiger partial charge in [-0.1, -0.05) is 37.6 Å². The maximum Gasteiger partial charge on any atom is 0.0594 e. The Labute approximate surface area is 115 Å². The number of morpholine rings is 1. The Bertz CT molecular complexity index is 375. The van der Waals surface area contributed by atoms with E-state index in [1.165, 1.54) is 12.0 Å². The predicted octanol–water partition coefficient (Wildman–Crippen LogP) is 3.76. The molecule has 0 bridgehead atoms. The first-order valence-corrected chi connectivity index (χ1v) is 7.12. The summed E-state index contributed by atoms with van der Waals surface area (Å²) < 4.78 is 5.45. The molecule has 1 heterocycles. The van der Waals surface area contributed by atoms with Crippen LogP contribution >= 0.6 is 11.6 Å². The minimum absolute atomic E-state index is 0.465. The Morgan fingerprint density at radius 3 is 2.61 bits per heavy atom. The molecule has 0 N–H and O–H groups in total. The standard InChI is InChI=1S/C15H22ClNO/c1-12(2)10-15(17-6-8-18-9-7-17)13-4-3-5-14(16)11-13/h3-5,11-12,15H,6-10H2,1-2H3. The lowest BCUT2D eigenvalue weighted by Gasteiger charge is -2.35. The zero-order valence-electron chi connectivity index (χ0n) is 11.2. The summed E-state index contributed by atoms with van der Waals surface area (Å²) in [4.78, 5) is 2.52. The Kier molecular flexibility index (Phi) is 5.04. The number of hydrogen-bond acceptors (Lipinski definition) is 2. The number of benzene rings is 1. The molecular weight excluding hydrogens is 246 g/mol. The van der Waals surface area contributed by atoms with Crippen LogP contribution in [0.25, 0.3) is 0 Å². The Balaban J connectivity index is 2.18. The second-order valence-corrected chi connectivity index (χ2v) is 5.79. The highest BCUT2D eigenvalue weighted by molar-refractivity contribution is 6.30. The summed E-state index contributed by atoms with van der Waals surface area (Å²) in [5.41, 5.74) is 1.33. The molecule has 1 aromatic rings. The molecule has 100 valence electrons. The molecule has 1 aliphatic heterocycles. The third-order valence-electron chi connectivity index (χ3n) is 3.41. The lowest BCUT2D eigenvalue weighted by atomic mass is 9.95. The van der Waals surface area contributed by atoms with Crippen molar-refractivity contribution in [3.05, 3.63) is 34.9 Å². The third-order valence-corrected chi connectivity index (χ3v) is 3.65. The fraction of sp³-hybridized carbons (Fsp3) is 0.600. The summed E-state index contributed by atoms with van der Waals surface area (Å²) in [6, 6.07) is 8.74. The topological polar surface area (TPSA) is 12.5 Å². The smallest absolute Gasteiger partial charge is 0.0594 e. The van der Waals surface area contributed by atoms with Crippen molar-refractivity contribution >= 4 is 11.6 Å². The Morgan fingerprint density at radius 2 is 2.00 bits per heavy atom. The molecule has 2 nitrogen and oxygen atoms in total. The molecule has 0 spiro atoms. The van der Waals surface area contributed by atoms with E-state index in [4.69, 9.17) is 16.3 Å². The number of ether oxygens (including phenoxy) is 1. The van der Waals surface area contributed by atoms with E-state index < -0.39 is 0 Å². The fourth-order valence-corrected chi connectivity index (χ4v) is 2.74. The second-order valence-electron chi connectivity index (χ2n) is 5.35. The predicted molar refractivity (Wildman–Crippen MR) is 76.0 cm³/mol. The highest BCUT2D eigenvalue weighted by Gasteiger charge is 2.23. The average Bonchev–Trinajstić information content (AvgIpc) is 2.37. The van der Waals surface area contributed by atoms with Crippen molar-refractivity contribution in [3.63, 3.8) is 0 Å². The molecule has 1 aliphatic rings. The van der Waals surface area contributed by atoms with Crippen LogP contribution in [-0.4, -0.2) is 31.2 Å². The zero-order valence-corrected chi connectivity index (χ0v) is 12.0. The summed E-state index contributed by atoms with van der Waals surface area (Å²) in [6.45, 7) is 8.27. The SMILES string of the molecule is CC(C)CC(c1cccc(Cl)c1)N1CCOCC1. The van der Waals surface area contributed by atoms with Gasteiger partial charge in [-0.25, -0.2) is 0 Å². The van der Waals surface area contributed by atoms with Crippen LogP contribution in [0.5, 0.6) is 0 Å². The average molecular weight is 268 g/mol. The Morgan fingerprint density at radius 1 is 1.28 bits per heavy atom. The van der Waals surface area contributed by atoms with Crippen LogP contribution in [0.2, 0.25) is 5.02 Å². The molecule has 1 atom stereocenters. The van der Waals surface area contributed by atoms with E-state index in [-0.39, 0.29) is 0 Å². The summed E-state index contributed by atoms with van der Waals surface area (Å²) in [7, 11) is 0. The van der Waals surface area contributed by atoms with Gasteiger partial charge >= 0.3 is 0 Å². The van der Waals surface area contributed by atoms with Gasteiger partial charge in [-0.15, -0.1) is 0 Å². The lowest BCUT2D eigenvalue weighted by molar-refractivity contribution is 0.0116. The minimum Gasteiger partial charge on any atom is -0.379 e. The van der Waals surface area contributed by atoms with E-state index in [2.05, 4.69) is 30.9 Å². The number of hydrogen-bond donors (Lipinski definition) is 0. The zero-order chi connectivity index (χ0) is 13.0. The van der Waals surface area contributed by atoms with Crippen molar-refractivity contribution in [2.75, 3.05) is 26.3 Å². The van der Waals surface area contributed by atoms with Crippen molar-refractivity contribution in [1.29, 1.82) is 0 Å². The molecule has 2 rings (SSSR count). The molecule has 0 saturated carbocycles. The van der Waals surface area contributed by atoms with Crippen molar-refractivity contribution in [3.8, 4) is 0 Å². The molecular formula is C15H22ClNO. The minimum atomic E-state index is 0.465. The highest BCUT2D eigenvalue weighted by atomic mass is 35.5. The summed E-state index contributed by atoms with van der Waals surface area (Å²) in [5.74, 6) is 0.678. The van der Waals surface area contributed by atoms with Gasteiger partial charge in [0, 0.05) is 24.2 Å². The summed E-state index contributed by atoms with van der Waals surface area (Å²) in [5, 5.41) is 0.828. The molecule has 0 amide bonds. The van der Waals surface area contributed by atoms with Gasteiger partial charge < -0.3 is 4.74 Å².